The number of esters is 2. The van der Waals surface area contributed by atoms with Gasteiger partial charge in [0.1, 0.15) is 17.5 Å². The topological polar surface area (TPSA) is 102 Å². The van der Waals surface area contributed by atoms with Gasteiger partial charge in [0.15, 0.2) is 0 Å². The van der Waals surface area contributed by atoms with Crippen molar-refractivity contribution >= 4 is 11.9 Å². The van der Waals surface area contributed by atoms with Crippen LogP contribution in [0.3, 0.4) is 0 Å². The predicted molar refractivity (Wildman–Crippen MR) is 163 cm³/mol. The summed E-state index contributed by atoms with van der Waals surface area (Å²) in [7, 11) is 8.77. The van der Waals surface area contributed by atoms with Crippen molar-refractivity contribution in [1.82, 2.24) is 4.90 Å². The third kappa shape index (κ3) is 3.98. The normalized spacial score (nSPS) is 45.7. The van der Waals surface area contributed by atoms with Gasteiger partial charge in [0.25, 0.3) is 0 Å². The Morgan fingerprint density at radius 1 is 0.978 bits per heavy atom. The number of rotatable bonds is 10. The van der Waals surface area contributed by atoms with Crippen LogP contribution >= 0.6 is 0 Å². The van der Waals surface area contributed by atoms with Crippen LogP contribution in [0.1, 0.15) is 49.9 Å². The summed E-state index contributed by atoms with van der Waals surface area (Å²) >= 11 is 0. The first-order valence-corrected chi connectivity index (χ1v) is 16.6. The first-order valence-electron chi connectivity index (χ1n) is 16.6. The Balaban J connectivity index is 1.43. The zero-order chi connectivity index (χ0) is 31.9. The van der Waals surface area contributed by atoms with Gasteiger partial charge in [-0.1, -0.05) is 6.92 Å². The molecule has 1 aromatic rings. The number of carbonyl (C=O) groups is 2. The number of fused-ring (bicyclic) bond motifs is 2. The molecular weight excluding hydrogens is 578 g/mol. The number of carbonyl (C=O) groups excluding carboxylic acids is 2. The molecule has 10 heteroatoms. The molecule has 5 saturated carbocycles. The number of ether oxygens (including phenoxy) is 7. The Bertz CT molecular complexity index is 1310. The molecule has 13 atom stereocenters. The van der Waals surface area contributed by atoms with Crippen molar-refractivity contribution in [1.29, 1.82) is 0 Å². The first-order chi connectivity index (χ1) is 21.7. The van der Waals surface area contributed by atoms with Crippen molar-refractivity contribution in [2.75, 3.05) is 55.2 Å². The summed E-state index contributed by atoms with van der Waals surface area (Å²) in [6, 6.07) is 7.07. The zero-order valence-corrected chi connectivity index (χ0v) is 27.7. The van der Waals surface area contributed by atoms with Gasteiger partial charge in [0.2, 0.25) is 0 Å². The Hall–Kier alpha value is -2.24. The van der Waals surface area contributed by atoms with Crippen molar-refractivity contribution in [3.63, 3.8) is 0 Å². The third-order valence-electron chi connectivity index (χ3n) is 13.2. The van der Waals surface area contributed by atoms with E-state index in [0.717, 1.165) is 32.4 Å². The highest BCUT2D eigenvalue weighted by molar-refractivity contribution is 5.89. The number of hydrogen-bond acceptors (Lipinski definition) is 10. The van der Waals surface area contributed by atoms with Crippen LogP contribution in [0.25, 0.3) is 0 Å². The molecule has 10 nitrogen and oxygen atoms in total. The molecule has 248 valence electrons. The number of piperidine rings is 1. The number of nitrogens with zero attached hydrogens (tertiary/aromatic N) is 1. The largest absolute Gasteiger partial charge is 0.497 e. The Kier molecular flexibility index (Phi) is 7.80. The van der Waals surface area contributed by atoms with Crippen molar-refractivity contribution in [2.45, 2.75) is 75.6 Å². The van der Waals surface area contributed by atoms with Crippen LogP contribution in [0, 0.1) is 40.4 Å². The van der Waals surface area contributed by atoms with Gasteiger partial charge in [-0.2, -0.15) is 0 Å². The molecule has 1 heterocycles. The van der Waals surface area contributed by atoms with Crippen LogP contribution in [0.5, 0.6) is 5.75 Å². The third-order valence-corrected chi connectivity index (χ3v) is 13.2. The fourth-order valence-electron chi connectivity index (χ4n) is 12.4. The van der Waals surface area contributed by atoms with E-state index in [1.165, 1.54) is 6.92 Å². The summed E-state index contributed by atoms with van der Waals surface area (Å²) in [5.74, 6) is -0.299. The highest BCUT2D eigenvalue weighted by Gasteiger charge is 2.88. The highest BCUT2D eigenvalue weighted by atomic mass is 16.6. The second-order valence-corrected chi connectivity index (χ2v) is 14.4. The number of likely N-dealkylation sites (tertiary alicyclic amines) is 1. The van der Waals surface area contributed by atoms with Crippen molar-refractivity contribution in [3.8, 4) is 5.75 Å². The summed E-state index contributed by atoms with van der Waals surface area (Å²) in [6.45, 7) is 6.11. The standard InChI is InChI=1S/C35H49NO9/c1-8-36-17-33(18-39-3)14-13-25(42-6)35-23-15-22-24(41-5)16-34(45-19(2)37,27(31(35)36)29(43-7)30(33)35)26(23)28(22)44-32(38)20-9-11-21(40-4)12-10-20/h9-12,22-31H,8,13-18H2,1-7H3/t22-,23-,24+,25+,26-,27?,28?,29+,30-,31?,33+,34-,35?/m1/s1. The van der Waals surface area contributed by atoms with Gasteiger partial charge >= 0.3 is 11.9 Å². The number of methoxy groups -OCH3 is 5. The molecule has 1 aliphatic heterocycles. The minimum absolute atomic E-state index is 0.0203. The molecule has 1 aromatic carbocycles. The van der Waals surface area contributed by atoms with Gasteiger partial charge in [-0.15, -0.1) is 0 Å². The van der Waals surface area contributed by atoms with Gasteiger partial charge in [0.05, 0.1) is 37.6 Å². The molecule has 1 saturated heterocycles. The molecule has 7 bridgehead atoms. The van der Waals surface area contributed by atoms with Crippen LogP contribution in [0.2, 0.25) is 0 Å². The zero-order valence-electron chi connectivity index (χ0n) is 27.7. The average molecular weight is 628 g/mol. The Morgan fingerprint density at radius 3 is 2.33 bits per heavy atom. The van der Waals surface area contributed by atoms with Crippen molar-refractivity contribution < 1.29 is 42.7 Å². The van der Waals surface area contributed by atoms with E-state index in [-0.39, 0.29) is 70.7 Å². The van der Waals surface area contributed by atoms with E-state index in [0.29, 0.717) is 24.3 Å². The molecular formula is C35H49NO9. The fraction of sp³-hybridized carbons (Fsp3) is 0.771. The second-order valence-electron chi connectivity index (χ2n) is 14.4. The lowest BCUT2D eigenvalue weighted by Gasteiger charge is -2.69. The van der Waals surface area contributed by atoms with E-state index in [1.54, 1.807) is 45.6 Å². The molecule has 6 aliphatic rings. The molecule has 6 fully saturated rings. The minimum Gasteiger partial charge on any atom is -0.497 e. The van der Waals surface area contributed by atoms with E-state index in [1.807, 2.05) is 14.2 Å². The summed E-state index contributed by atoms with van der Waals surface area (Å²) < 4.78 is 44.1. The highest BCUT2D eigenvalue weighted by Crippen LogP contribution is 2.80. The molecule has 0 N–H and O–H groups in total. The van der Waals surface area contributed by atoms with Crippen LogP contribution in [0.4, 0.5) is 0 Å². The van der Waals surface area contributed by atoms with Gasteiger partial charge in [-0.25, -0.2) is 4.79 Å². The summed E-state index contributed by atoms with van der Waals surface area (Å²) in [6.07, 6.45) is 2.27. The number of hydrogen-bond donors (Lipinski definition) is 0. The lowest BCUT2D eigenvalue weighted by Crippen LogP contribution is -2.77. The van der Waals surface area contributed by atoms with Crippen molar-refractivity contribution in [3.05, 3.63) is 29.8 Å². The maximum absolute atomic E-state index is 13.8. The monoisotopic (exact) mass is 627 g/mol. The van der Waals surface area contributed by atoms with Gasteiger partial charge in [-0.3, -0.25) is 9.69 Å². The lowest BCUT2D eigenvalue weighted by atomic mass is 9.43. The first kappa shape index (κ1) is 31.4. The molecule has 4 unspecified atom stereocenters. The Labute approximate surface area is 266 Å². The fourth-order valence-corrected chi connectivity index (χ4v) is 12.4. The van der Waals surface area contributed by atoms with E-state index >= 15 is 0 Å². The summed E-state index contributed by atoms with van der Waals surface area (Å²) in [5.41, 5.74) is -0.937. The van der Waals surface area contributed by atoms with Gasteiger partial charge in [-0.05, 0) is 56.0 Å². The number of benzene rings is 1. The molecule has 1 spiro atoms. The molecule has 5 aliphatic carbocycles. The minimum atomic E-state index is -0.947. The summed E-state index contributed by atoms with van der Waals surface area (Å²) in [5, 5.41) is 0. The lowest BCUT2D eigenvalue weighted by molar-refractivity contribution is -0.280. The maximum Gasteiger partial charge on any atom is 0.338 e. The SMILES string of the molecule is CCN1C[C@]2(COC)CC[C@H](OC)C34C1C([C@H](OC)[C@@H]32)[C@@]1(OC(C)=O)C[C@H](OC)[C@H]2C[C@@H]4[C@@H]1C2OC(=O)c1ccc(OC)cc1. The van der Waals surface area contributed by atoms with Crippen LogP contribution < -0.4 is 4.74 Å². The molecule has 0 amide bonds. The predicted octanol–water partition coefficient (Wildman–Crippen LogP) is 3.60. The van der Waals surface area contributed by atoms with E-state index in [2.05, 4.69) is 11.8 Å². The van der Waals surface area contributed by atoms with E-state index in [9.17, 15) is 9.59 Å². The van der Waals surface area contributed by atoms with Crippen LogP contribution in [-0.2, 0) is 33.2 Å². The maximum atomic E-state index is 13.8. The van der Waals surface area contributed by atoms with Gasteiger partial charge < -0.3 is 33.2 Å². The molecule has 45 heavy (non-hydrogen) atoms. The van der Waals surface area contributed by atoms with Crippen LogP contribution in [0.15, 0.2) is 24.3 Å². The molecule has 0 aromatic heterocycles. The summed E-state index contributed by atoms with van der Waals surface area (Å²) in [4.78, 5) is 29.7. The van der Waals surface area contributed by atoms with Gasteiger partial charge in [0, 0.05) is 88.9 Å². The second kappa shape index (κ2) is 11.2. The smallest absolute Gasteiger partial charge is 0.338 e. The van der Waals surface area contributed by atoms with Crippen LogP contribution in [-0.4, -0.2) is 108 Å². The average Bonchev–Trinajstić information content (AvgIpc) is 3.46. The quantitative estimate of drug-likeness (QED) is 0.358. The van der Waals surface area contributed by atoms with E-state index in [4.69, 9.17) is 33.2 Å². The molecule has 7 rings (SSSR count). The molecule has 0 radical (unpaired) electrons. The van der Waals surface area contributed by atoms with E-state index < -0.39 is 17.7 Å². The Morgan fingerprint density at radius 2 is 1.73 bits per heavy atom. The van der Waals surface area contributed by atoms with Crippen molar-refractivity contribution in [2.24, 2.45) is 40.4 Å².